The number of hydrogen-bond acceptors (Lipinski definition) is 3. The normalized spacial score (nSPS) is 16.9. The molecule has 0 fully saturated rings. The summed E-state index contributed by atoms with van der Waals surface area (Å²) in [4.78, 5) is 12.2. The van der Waals surface area contributed by atoms with Gasteiger partial charge in [-0.1, -0.05) is 18.2 Å². The minimum atomic E-state index is -0.629. The zero-order chi connectivity index (χ0) is 14.1. The first kappa shape index (κ1) is 12.5. The molecule has 1 amide bonds. The van der Waals surface area contributed by atoms with Crippen molar-refractivity contribution in [2.24, 2.45) is 0 Å². The van der Waals surface area contributed by atoms with Gasteiger partial charge in [-0.25, -0.2) is 0 Å². The van der Waals surface area contributed by atoms with Crippen LogP contribution in [0, 0.1) is 6.92 Å². The van der Waals surface area contributed by atoms with Crippen molar-refractivity contribution < 1.29 is 14.3 Å². The molecule has 1 aliphatic heterocycles. The molecule has 0 radical (unpaired) electrons. The monoisotopic (exact) mass is 269 g/mol. The lowest BCUT2D eigenvalue weighted by atomic mass is 10.1. The van der Waals surface area contributed by atoms with Crippen LogP contribution in [-0.4, -0.2) is 13.0 Å². The van der Waals surface area contributed by atoms with E-state index in [0.29, 0.717) is 5.75 Å². The molecule has 2 aromatic carbocycles. The Bertz CT molecular complexity index is 649. The zero-order valence-electron chi connectivity index (χ0n) is 11.3. The van der Waals surface area contributed by atoms with Crippen molar-refractivity contribution in [3.63, 3.8) is 0 Å². The third-order valence-electron chi connectivity index (χ3n) is 3.29. The number of hydrogen-bond donors (Lipinski definition) is 1. The first-order chi connectivity index (χ1) is 9.67. The van der Waals surface area contributed by atoms with E-state index in [1.807, 2.05) is 49.4 Å². The molecule has 0 bridgehead atoms. The lowest BCUT2D eigenvalue weighted by Crippen LogP contribution is -2.30. The number of amides is 1. The smallest absolute Gasteiger partial charge is 0.270 e. The Labute approximate surface area is 117 Å². The third-order valence-corrected chi connectivity index (χ3v) is 3.29. The van der Waals surface area contributed by atoms with Gasteiger partial charge >= 0.3 is 0 Å². The average Bonchev–Trinajstić information content (AvgIpc) is 2.46. The molecule has 0 saturated heterocycles. The quantitative estimate of drug-likeness (QED) is 0.911. The van der Waals surface area contributed by atoms with Gasteiger partial charge in [-0.3, -0.25) is 4.79 Å². The van der Waals surface area contributed by atoms with Crippen LogP contribution in [0.1, 0.15) is 17.2 Å². The van der Waals surface area contributed by atoms with Crippen LogP contribution < -0.4 is 14.8 Å². The highest BCUT2D eigenvalue weighted by Crippen LogP contribution is 2.35. The highest BCUT2D eigenvalue weighted by molar-refractivity contribution is 5.98. The van der Waals surface area contributed by atoms with E-state index in [0.717, 1.165) is 22.6 Å². The van der Waals surface area contributed by atoms with E-state index in [-0.39, 0.29) is 5.91 Å². The Morgan fingerprint density at radius 2 is 1.90 bits per heavy atom. The molecule has 0 saturated carbocycles. The third kappa shape index (κ3) is 2.20. The second kappa shape index (κ2) is 4.89. The summed E-state index contributed by atoms with van der Waals surface area (Å²) < 4.78 is 10.9. The largest absolute Gasteiger partial charge is 0.497 e. The van der Waals surface area contributed by atoms with Gasteiger partial charge in [-0.2, -0.15) is 0 Å². The SMILES string of the molecule is COc1ccc(C2Oc3ccc(C)cc3NC2=O)cc1. The lowest BCUT2D eigenvalue weighted by Gasteiger charge is -2.26. The number of ether oxygens (including phenoxy) is 2. The van der Waals surface area contributed by atoms with E-state index in [1.165, 1.54) is 0 Å². The van der Waals surface area contributed by atoms with Crippen molar-refractivity contribution in [2.75, 3.05) is 12.4 Å². The van der Waals surface area contributed by atoms with Crippen molar-refractivity contribution >= 4 is 11.6 Å². The maximum absolute atomic E-state index is 12.2. The molecular weight excluding hydrogens is 254 g/mol. The van der Waals surface area contributed by atoms with Gasteiger partial charge in [-0.15, -0.1) is 0 Å². The van der Waals surface area contributed by atoms with Gasteiger partial charge in [0, 0.05) is 5.56 Å². The fourth-order valence-corrected chi connectivity index (χ4v) is 2.22. The Kier molecular flexibility index (Phi) is 3.06. The number of methoxy groups -OCH3 is 1. The maximum atomic E-state index is 12.2. The predicted molar refractivity (Wildman–Crippen MR) is 76.2 cm³/mol. The van der Waals surface area contributed by atoms with Crippen LogP contribution >= 0.6 is 0 Å². The standard InChI is InChI=1S/C16H15NO3/c1-10-3-8-14-13(9-10)17-16(18)15(20-14)11-4-6-12(19-2)7-5-11/h3-9,15H,1-2H3,(H,17,18). The highest BCUT2D eigenvalue weighted by Gasteiger charge is 2.29. The first-order valence-corrected chi connectivity index (χ1v) is 6.39. The van der Waals surface area contributed by atoms with Gasteiger partial charge < -0.3 is 14.8 Å². The lowest BCUT2D eigenvalue weighted by molar-refractivity contribution is -0.123. The van der Waals surface area contributed by atoms with Crippen LogP contribution in [0.4, 0.5) is 5.69 Å². The summed E-state index contributed by atoms with van der Waals surface area (Å²) in [7, 11) is 1.61. The molecule has 3 rings (SSSR count). The van der Waals surface area contributed by atoms with E-state index >= 15 is 0 Å². The number of carbonyl (C=O) groups excluding carboxylic acids is 1. The zero-order valence-corrected chi connectivity index (χ0v) is 11.3. The molecule has 4 heteroatoms. The molecule has 4 nitrogen and oxygen atoms in total. The number of anilines is 1. The van der Waals surface area contributed by atoms with Crippen molar-refractivity contribution in [1.82, 2.24) is 0 Å². The minimum Gasteiger partial charge on any atom is -0.497 e. The van der Waals surface area contributed by atoms with Crippen LogP contribution in [-0.2, 0) is 4.79 Å². The Morgan fingerprint density at radius 3 is 2.60 bits per heavy atom. The highest BCUT2D eigenvalue weighted by atomic mass is 16.5. The van der Waals surface area contributed by atoms with Gasteiger partial charge in [0.15, 0.2) is 0 Å². The number of nitrogens with one attached hydrogen (secondary N) is 1. The van der Waals surface area contributed by atoms with Gasteiger partial charge in [0.2, 0.25) is 6.10 Å². The summed E-state index contributed by atoms with van der Waals surface area (Å²) in [6, 6.07) is 13.0. The molecule has 0 aliphatic carbocycles. The van der Waals surface area contributed by atoms with Crippen LogP contribution in [0.25, 0.3) is 0 Å². The summed E-state index contributed by atoms with van der Waals surface area (Å²) in [6.07, 6.45) is -0.629. The van der Waals surface area contributed by atoms with Crippen LogP contribution in [0.5, 0.6) is 11.5 Å². The van der Waals surface area contributed by atoms with E-state index in [4.69, 9.17) is 9.47 Å². The van der Waals surface area contributed by atoms with Crippen molar-refractivity contribution in [3.8, 4) is 11.5 Å². The maximum Gasteiger partial charge on any atom is 0.270 e. The van der Waals surface area contributed by atoms with Gasteiger partial charge in [0.25, 0.3) is 5.91 Å². The summed E-state index contributed by atoms with van der Waals surface area (Å²) in [5, 5.41) is 2.88. The molecule has 102 valence electrons. The van der Waals surface area contributed by atoms with E-state index in [2.05, 4.69) is 5.32 Å². The number of rotatable bonds is 2. The van der Waals surface area contributed by atoms with Crippen molar-refractivity contribution in [3.05, 3.63) is 53.6 Å². The van der Waals surface area contributed by atoms with Crippen LogP contribution in [0.15, 0.2) is 42.5 Å². The fourth-order valence-electron chi connectivity index (χ4n) is 2.22. The van der Waals surface area contributed by atoms with Gasteiger partial charge in [-0.05, 0) is 36.8 Å². The van der Waals surface area contributed by atoms with Gasteiger partial charge in [0.1, 0.15) is 11.5 Å². The fraction of sp³-hybridized carbons (Fsp3) is 0.188. The summed E-state index contributed by atoms with van der Waals surface area (Å²) in [6.45, 7) is 1.97. The second-order valence-corrected chi connectivity index (χ2v) is 4.76. The topological polar surface area (TPSA) is 47.6 Å². The Morgan fingerprint density at radius 1 is 1.15 bits per heavy atom. The van der Waals surface area contributed by atoms with Crippen molar-refractivity contribution in [1.29, 1.82) is 0 Å². The molecule has 1 unspecified atom stereocenters. The Hall–Kier alpha value is -2.49. The molecule has 20 heavy (non-hydrogen) atoms. The molecule has 0 aromatic heterocycles. The predicted octanol–water partition coefficient (Wildman–Crippen LogP) is 3.08. The Balaban J connectivity index is 1.91. The minimum absolute atomic E-state index is 0.159. The molecule has 1 atom stereocenters. The number of aryl methyl sites for hydroxylation is 1. The van der Waals surface area contributed by atoms with E-state index < -0.39 is 6.10 Å². The molecule has 1 aliphatic rings. The van der Waals surface area contributed by atoms with E-state index in [9.17, 15) is 4.79 Å². The molecule has 2 aromatic rings. The van der Waals surface area contributed by atoms with E-state index in [1.54, 1.807) is 7.11 Å². The summed E-state index contributed by atoms with van der Waals surface area (Å²) in [5.41, 5.74) is 2.60. The average molecular weight is 269 g/mol. The second-order valence-electron chi connectivity index (χ2n) is 4.76. The molecular formula is C16H15NO3. The van der Waals surface area contributed by atoms with Crippen LogP contribution in [0.3, 0.4) is 0 Å². The first-order valence-electron chi connectivity index (χ1n) is 6.39. The summed E-state index contributed by atoms with van der Waals surface area (Å²) >= 11 is 0. The van der Waals surface area contributed by atoms with Crippen molar-refractivity contribution in [2.45, 2.75) is 13.0 Å². The number of fused-ring (bicyclic) bond motifs is 1. The molecule has 1 N–H and O–H groups in total. The number of carbonyl (C=O) groups is 1. The van der Waals surface area contributed by atoms with Gasteiger partial charge in [0.05, 0.1) is 12.8 Å². The molecule has 0 spiro atoms. The molecule has 1 heterocycles. The number of benzene rings is 2. The summed E-state index contributed by atoms with van der Waals surface area (Å²) in [5.74, 6) is 1.28. The van der Waals surface area contributed by atoms with Crippen LogP contribution in [0.2, 0.25) is 0 Å².